The Labute approximate surface area is 163 Å². The summed E-state index contributed by atoms with van der Waals surface area (Å²) in [6.07, 6.45) is 8.33. The van der Waals surface area contributed by atoms with Crippen molar-refractivity contribution in [1.29, 1.82) is 0 Å². The van der Waals surface area contributed by atoms with E-state index in [1.165, 1.54) is 38.5 Å². The highest BCUT2D eigenvalue weighted by Gasteiger charge is 2.53. The van der Waals surface area contributed by atoms with Crippen molar-refractivity contribution in [3.63, 3.8) is 0 Å². The number of nitrogens with zero attached hydrogens (tertiary/aromatic N) is 2. The molecular formula is C21H25N3O2S. The molecule has 27 heavy (non-hydrogen) atoms. The topological polar surface area (TPSA) is 64.1 Å². The van der Waals surface area contributed by atoms with Gasteiger partial charge in [-0.15, -0.1) is 10.2 Å². The molecule has 1 amide bonds. The predicted molar refractivity (Wildman–Crippen MR) is 105 cm³/mol. The third-order valence-corrected chi connectivity index (χ3v) is 7.79. The number of carbonyl (C=O) groups excluding carboxylic acids is 1. The Bertz CT molecular complexity index is 827. The second kappa shape index (κ2) is 6.59. The average Bonchev–Trinajstić information content (AvgIpc) is 3.10. The highest BCUT2D eigenvalue weighted by atomic mass is 32.1. The Kier molecular flexibility index (Phi) is 4.19. The predicted octanol–water partition coefficient (Wildman–Crippen LogP) is 4.20. The smallest absolute Gasteiger partial charge is 0.230 e. The lowest BCUT2D eigenvalue weighted by atomic mass is 9.50. The van der Waals surface area contributed by atoms with Crippen LogP contribution in [0.15, 0.2) is 24.3 Å². The largest absolute Gasteiger partial charge is 0.496 e. The molecule has 0 atom stereocenters. The summed E-state index contributed by atoms with van der Waals surface area (Å²) in [6.45, 7) is 0. The lowest BCUT2D eigenvalue weighted by molar-refractivity contribution is -0.115. The molecule has 6 heteroatoms. The van der Waals surface area contributed by atoms with E-state index >= 15 is 0 Å². The first kappa shape index (κ1) is 17.2. The van der Waals surface area contributed by atoms with Crippen LogP contribution in [0.2, 0.25) is 0 Å². The molecule has 4 aliphatic rings. The van der Waals surface area contributed by atoms with Gasteiger partial charge in [0.15, 0.2) is 0 Å². The number of anilines is 1. The van der Waals surface area contributed by atoms with Crippen molar-refractivity contribution >= 4 is 22.4 Å². The number of rotatable bonds is 5. The summed E-state index contributed by atoms with van der Waals surface area (Å²) in [5.74, 6) is 3.29. The van der Waals surface area contributed by atoms with E-state index < -0.39 is 0 Å². The van der Waals surface area contributed by atoms with E-state index in [-0.39, 0.29) is 17.7 Å². The number of aromatic nitrogens is 2. The van der Waals surface area contributed by atoms with Crippen molar-refractivity contribution in [2.45, 2.75) is 50.4 Å². The van der Waals surface area contributed by atoms with Gasteiger partial charge in [0.25, 0.3) is 0 Å². The van der Waals surface area contributed by atoms with Crippen LogP contribution in [0.5, 0.6) is 5.75 Å². The third-order valence-electron chi connectivity index (χ3n) is 6.71. The normalized spacial score (nSPS) is 31.1. The summed E-state index contributed by atoms with van der Waals surface area (Å²) in [5.41, 5.74) is 1.11. The maximum Gasteiger partial charge on any atom is 0.230 e. The summed E-state index contributed by atoms with van der Waals surface area (Å²) in [7, 11) is 1.62. The van der Waals surface area contributed by atoms with Gasteiger partial charge in [0, 0.05) is 11.0 Å². The van der Waals surface area contributed by atoms with Crippen molar-refractivity contribution in [2.75, 3.05) is 12.4 Å². The molecule has 142 valence electrons. The zero-order valence-corrected chi connectivity index (χ0v) is 16.4. The molecule has 4 bridgehead atoms. The molecule has 5 nitrogen and oxygen atoms in total. The molecule has 0 radical (unpaired) electrons. The summed E-state index contributed by atoms with van der Waals surface area (Å²) in [5, 5.41) is 13.5. The molecular weight excluding hydrogens is 358 g/mol. The van der Waals surface area contributed by atoms with Crippen LogP contribution in [-0.2, 0) is 16.6 Å². The van der Waals surface area contributed by atoms with Gasteiger partial charge in [-0.2, -0.15) is 0 Å². The first-order chi connectivity index (χ1) is 13.1. The molecule has 0 aliphatic heterocycles. The third kappa shape index (κ3) is 3.14. The van der Waals surface area contributed by atoms with Gasteiger partial charge < -0.3 is 10.1 Å². The second-order valence-electron chi connectivity index (χ2n) is 8.65. The first-order valence-corrected chi connectivity index (χ1v) is 10.7. The lowest BCUT2D eigenvalue weighted by Crippen LogP contribution is -2.48. The Balaban J connectivity index is 1.29. The number of nitrogens with one attached hydrogen (secondary N) is 1. The maximum absolute atomic E-state index is 12.5. The van der Waals surface area contributed by atoms with Gasteiger partial charge in [0.2, 0.25) is 11.0 Å². The van der Waals surface area contributed by atoms with E-state index in [4.69, 9.17) is 4.74 Å². The number of benzene rings is 1. The summed E-state index contributed by atoms with van der Waals surface area (Å²) < 4.78 is 5.33. The molecule has 6 rings (SSSR count). The minimum Gasteiger partial charge on any atom is -0.496 e. The number of hydrogen-bond donors (Lipinski definition) is 1. The molecule has 1 N–H and O–H groups in total. The Hall–Kier alpha value is -1.95. The Morgan fingerprint density at radius 3 is 2.48 bits per heavy atom. The van der Waals surface area contributed by atoms with Crippen molar-refractivity contribution in [3.05, 3.63) is 34.8 Å². The fourth-order valence-electron chi connectivity index (χ4n) is 6.05. The second-order valence-corrected chi connectivity index (χ2v) is 9.62. The zero-order valence-electron chi connectivity index (χ0n) is 15.6. The van der Waals surface area contributed by atoms with Crippen LogP contribution in [0, 0.1) is 17.8 Å². The number of methoxy groups -OCH3 is 1. The fourth-order valence-corrected chi connectivity index (χ4v) is 7.02. The molecule has 1 aromatic heterocycles. The molecule has 4 fully saturated rings. The van der Waals surface area contributed by atoms with E-state index in [0.717, 1.165) is 34.1 Å². The number of carbonyl (C=O) groups is 1. The zero-order chi connectivity index (χ0) is 18.4. The van der Waals surface area contributed by atoms with Crippen LogP contribution in [0.25, 0.3) is 0 Å². The quantitative estimate of drug-likeness (QED) is 0.841. The fraction of sp³-hybridized carbons (Fsp3) is 0.571. The molecule has 1 aromatic carbocycles. The number of ether oxygens (including phenoxy) is 1. The molecule has 0 unspecified atom stereocenters. The van der Waals surface area contributed by atoms with Crippen LogP contribution in [-0.4, -0.2) is 23.2 Å². The first-order valence-electron chi connectivity index (χ1n) is 9.89. The van der Waals surface area contributed by atoms with Crippen molar-refractivity contribution < 1.29 is 9.53 Å². The minimum atomic E-state index is -0.0762. The number of hydrogen-bond acceptors (Lipinski definition) is 5. The standard InChI is InChI=1S/C21H25N3O2S/c1-26-17-5-3-2-4-16(17)9-18(25)22-20-24-23-19(27-20)21-10-13-6-14(11-21)8-15(7-13)12-21/h2-5,13-15H,6-12H2,1H3,(H,22,24,25). The van der Waals surface area contributed by atoms with Gasteiger partial charge >= 0.3 is 0 Å². The van der Waals surface area contributed by atoms with Crippen LogP contribution in [0.1, 0.15) is 49.1 Å². The summed E-state index contributed by atoms with van der Waals surface area (Å²) >= 11 is 1.58. The lowest BCUT2D eigenvalue weighted by Gasteiger charge is -2.55. The SMILES string of the molecule is COc1ccccc1CC(=O)Nc1nnc(C23CC4CC(CC(C4)C2)C3)s1. The molecule has 0 spiro atoms. The van der Waals surface area contributed by atoms with E-state index in [1.807, 2.05) is 24.3 Å². The van der Waals surface area contributed by atoms with E-state index in [1.54, 1.807) is 18.4 Å². The monoisotopic (exact) mass is 383 g/mol. The van der Waals surface area contributed by atoms with E-state index in [9.17, 15) is 4.79 Å². The number of para-hydroxylation sites is 1. The maximum atomic E-state index is 12.5. The van der Waals surface area contributed by atoms with E-state index in [2.05, 4.69) is 15.5 Å². The molecule has 1 heterocycles. The molecule has 2 aromatic rings. The van der Waals surface area contributed by atoms with Crippen molar-refractivity contribution in [1.82, 2.24) is 10.2 Å². The van der Waals surface area contributed by atoms with Gasteiger partial charge in [-0.05, 0) is 62.3 Å². The minimum absolute atomic E-state index is 0.0762. The molecule has 0 saturated heterocycles. The van der Waals surface area contributed by atoms with Crippen molar-refractivity contribution in [3.8, 4) is 5.75 Å². The van der Waals surface area contributed by atoms with Crippen LogP contribution >= 0.6 is 11.3 Å². The molecule has 4 aliphatic carbocycles. The van der Waals surface area contributed by atoms with Gasteiger partial charge in [-0.1, -0.05) is 29.5 Å². The van der Waals surface area contributed by atoms with Gasteiger partial charge in [-0.25, -0.2) is 0 Å². The van der Waals surface area contributed by atoms with Crippen LogP contribution < -0.4 is 10.1 Å². The van der Waals surface area contributed by atoms with Gasteiger partial charge in [-0.3, -0.25) is 4.79 Å². The highest BCUT2D eigenvalue weighted by Crippen LogP contribution is 2.61. The highest BCUT2D eigenvalue weighted by molar-refractivity contribution is 7.15. The Morgan fingerprint density at radius 1 is 1.15 bits per heavy atom. The summed E-state index contributed by atoms with van der Waals surface area (Å²) in [4.78, 5) is 12.5. The van der Waals surface area contributed by atoms with Gasteiger partial charge in [0.05, 0.1) is 13.5 Å². The van der Waals surface area contributed by atoms with Crippen molar-refractivity contribution in [2.24, 2.45) is 17.8 Å². The number of amides is 1. The Morgan fingerprint density at radius 2 is 1.81 bits per heavy atom. The van der Waals surface area contributed by atoms with E-state index in [0.29, 0.717) is 5.13 Å². The molecule has 4 saturated carbocycles. The van der Waals surface area contributed by atoms with Crippen LogP contribution in [0.4, 0.5) is 5.13 Å². The van der Waals surface area contributed by atoms with Gasteiger partial charge in [0.1, 0.15) is 10.8 Å². The average molecular weight is 384 g/mol. The summed E-state index contributed by atoms with van der Waals surface area (Å²) in [6, 6.07) is 7.61. The van der Waals surface area contributed by atoms with Crippen LogP contribution in [0.3, 0.4) is 0 Å².